The van der Waals surface area contributed by atoms with Crippen LogP contribution in [0.3, 0.4) is 0 Å². The predicted molar refractivity (Wildman–Crippen MR) is 101 cm³/mol. The molecule has 2 aromatic rings. The van der Waals surface area contributed by atoms with Gasteiger partial charge in [0.05, 0.1) is 13.7 Å². The van der Waals surface area contributed by atoms with Crippen LogP contribution in [0.4, 0.5) is 0 Å². The van der Waals surface area contributed by atoms with Crippen molar-refractivity contribution in [3.8, 4) is 11.5 Å². The molecule has 1 aliphatic rings. The van der Waals surface area contributed by atoms with Crippen LogP contribution < -0.4 is 4.74 Å². The predicted octanol–water partition coefficient (Wildman–Crippen LogP) is 2.86. The van der Waals surface area contributed by atoms with Crippen LogP contribution in [-0.4, -0.2) is 47.6 Å². The summed E-state index contributed by atoms with van der Waals surface area (Å²) in [6.07, 6.45) is 0. The van der Waals surface area contributed by atoms with Crippen molar-refractivity contribution in [3.05, 3.63) is 58.7 Å². The maximum Gasteiger partial charge on any atom is 0.237 e. The minimum absolute atomic E-state index is 0.146. The van der Waals surface area contributed by atoms with Crippen molar-refractivity contribution in [3.63, 3.8) is 0 Å². The van der Waals surface area contributed by atoms with Gasteiger partial charge in [0.15, 0.2) is 0 Å². The second-order valence-corrected chi connectivity index (χ2v) is 6.94. The van der Waals surface area contributed by atoms with Gasteiger partial charge in [-0.2, -0.15) is 0 Å². The number of ether oxygens (including phenoxy) is 1. The minimum atomic E-state index is 0.146. The zero-order valence-corrected chi connectivity index (χ0v) is 15.7. The third-order valence-corrected chi connectivity index (χ3v) is 5.01. The summed E-state index contributed by atoms with van der Waals surface area (Å²) in [7, 11) is 1.59. The van der Waals surface area contributed by atoms with Gasteiger partial charge in [-0.05, 0) is 36.6 Å². The van der Waals surface area contributed by atoms with E-state index in [4.69, 9.17) is 4.74 Å². The van der Waals surface area contributed by atoms with Gasteiger partial charge in [0.2, 0.25) is 5.91 Å². The van der Waals surface area contributed by atoms with Crippen molar-refractivity contribution in [1.29, 1.82) is 0 Å². The molecule has 0 saturated carbocycles. The summed E-state index contributed by atoms with van der Waals surface area (Å²) in [6, 6.07) is 11.5. The van der Waals surface area contributed by atoms with Gasteiger partial charge in [-0.1, -0.05) is 24.3 Å². The Hall–Kier alpha value is -2.53. The number of methoxy groups -OCH3 is 1. The number of benzene rings is 2. The van der Waals surface area contributed by atoms with Crippen LogP contribution in [0.1, 0.15) is 22.3 Å². The average Bonchev–Trinajstić information content (AvgIpc) is 2.62. The normalized spacial score (nSPS) is 15.3. The van der Waals surface area contributed by atoms with Gasteiger partial charge >= 0.3 is 0 Å². The van der Waals surface area contributed by atoms with E-state index in [1.54, 1.807) is 19.2 Å². The molecule has 1 heterocycles. The van der Waals surface area contributed by atoms with E-state index < -0.39 is 0 Å². The molecule has 0 spiro atoms. The lowest BCUT2D eigenvalue weighted by molar-refractivity contribution is -0.136. The molecule has 138 valence electrons. The summed E-state index contributed by atoms with van der Waals surface area (Å²) in [5, 5.41) is 9.57. The number of phenols is 1. The van der Waals surface area contributed by atoms with Crippen molar-refractivity contribution in [2.45, 2.75) is 26.9 Å². The molecular weight excluding hydrogens is 328 g/mol. The van der Waals surface area contributed by atoms with Crippen LogP contribution in [-0.2, 0) is 17.9 Å². The Balaban J connectivity index is 1.61. The zero-order valence-electron chi connectivity index (χ0n) is 15.7. The van der Waals surface area contributed by atoms with Crippen molar-refractivity contribution >= 4 is 5.91 Å². The molecule has 0 unspecified atom stereocenters. The summed E-state index contributed by atoms with van der Waals surface area (Å²) in [5.41, 5.74) is 4.68. The number of carbonyl (C=O) groups is 1. The second-order valence-electron chi connectivity index (χ2n) is 6.94. The van der Waals surface area contributed by atoms with E-state index in [9.17, 15) is 9.90 Å². The highest BCUT2D eigenvalue weighted by atomic mass is 16.5. The van der Waals surface area contributed by atoms with Gasteiger partial charge in [-0.3, -0.25) is 9.69 Å². The van der Waals surface area contributed by atoms with E-state index in [0.717, 1.165) is 12.1 Å². The standard InChI is InChI=1S/C21H26N2O3/c1-15-4-5-17(10-16(15)2)12-23-9-8-22(14-21(23)25)13-18-6-7-19(24)11-20(18)26-3/h4-7,10-11,24H,8-9,12-14H2,1-3H3. The molecule has 3 rings (SSSR count). The SMILES string of the molecule is COc1cc(O)ccc1CN1CCN(Cc2ccc(C)c(C)c2)C(=O)C1. The summed E-state index contributed by atoms with van der Waals surface area (Å²) >= 11 is 0. The number of carbonyl (C=O) groups excluding carboxylic acids is 1. The number of phenolic OH excluding ortho intramolecular Hbond substituents is 1. The van der Waals surface area contributed by atoms with Crippen LogP contribution in [0.25, 0.3) is 0 Å². The van der Waals surface area contributed by atoms with Gasteiger partial charge in [0.25, 0.3) is 0 Å². The maximum absolute atomic E-state index is 12.6. The number of aryl methyl sites for hydroxylation is 2. The zero-order chi connectivity index (χ0) is 18.7. The number of amides is 1. The fourth-order valence-corrected chi connectivity index (χ4v) is 3.29. The molecule has 0 atom stereocenters. The van der Waals surface area contributed by atoms with Crippen LogP contribution in [0, 0.1) is 13.8 Å². The Morgan fingerprint density at radius 3 is 2.54 bits per heavy atom. The largest absolute Gasteiger partial charge is 0.508 e. The Morgan fingerprint density at radius 2 is 1.85 bits per heavy atom. The van der Waals surface area contributed by atoms with Gasteiger partial charge in [-0.25, -0.2) is 0 Å². The summed E-state index contributed by atoms with van der Waals surface area (Å²) in [4.78, 5) is 16.6. The Kier molecular flexibility index (Phi) is 5.47. The molecule has 5 heteroatoms. The highest BCUT2D eigenvalue weighted by Crippen LogP contribution is 2.25. The Bertz CT molecular complexity index is 804. The molecule has 1 saturated heterocycles. The van der Waals surface area contributed by atoms with Crippen LogP contribution >= 0.6 is 0 Å². The maximum atomic E-state index is 12.6. The van der Waals surface area contributed by atoms with Crippen molar-refractivity contribution in [2.24, 2.45) is 0 Å². The quantitative estimate of drug-likeness (QED) is 0.897. The van der Waals surface area contributed by atoms with Crippen molar-refractivity contribution in [2.75, 3.05) is 26.7 Å². The topological polar surface area (TPSA) is 53.0 Å². The van der Waals surface area contributed by atoms with Crippen LogP contribution in [0.15, 0.2) is 36.4 Å². The number of aromatic hydroxyl groups is 1. The fourth-order valence-electron chi connectivity index (χ4n) is 3.29. The summed E-state index contributed by atoms with van der Waals surface area (Å²) in [6.45, 7) is 7.43. The number of hydrogen-bond donors (Lipinski definition) is 1. The minimum Gasteiger partial charge on any atom is -0.508 e. The third kappa shape index (κ3) is 4.17. The van der Waals surface area contributed by atoms with E-state index in [-0.39, 0.29) is 11.7 Å². The molecular formula is C21H26N2O3. The second kappa shape index (κ2) is 7.79. The van der Waals surface area contributed by atoms with E-state index >= 15 is 0 Å². The Morgan fingerprint density at radius 1 is 1.04 bits per heavy atom. The first-order valence-corrected chi connectivity index (χ1v) is 8.88. The highest BCUT2D eigenvalue weighted by molar-refractivity contribution is 5.79. The van der Waals surface area contributed by atoms with Crippen LogP contribution in [0.2, 0.25) is 0 Å². The monoisotopic (exact) mass is 354 g/mol. The smallest absolute Gasteiger partial charge is 0.237 e. The molecule has 1 amide bonds. The lowest BCUT2D eigenvalue weighted by Gasteiger charge is -2.34. The van der Waals surface area contributed by atoms with Crippen molar-refractivity contribution < 1.29 is 14.6 Å². The van der Waals surface area contributed by atoms with Crippen LogP contribution in [0.5, 0.6) is 11.5 Å². The first-order chi connectivity index (χ1) is 12.5. The summed E-state index contributed by atoms with van der Waals surface area (Å²) < 4.78 is 5.33. The molecule has 0 aliphatic carbocycles. The van der Waals surface area contributed by atoms with E-state index in [1.165, 1.54) is 16.7 Å². The molecule has 2 aromatic carbocycles. The third-order valence-electron chi connectivity index (χ3n) is 5.01. The number of nitrogens with zero attached hydrogens (tertiary/aromatic N) is 2. The summed E-state index contributed by atoms with van der Waals surface area (Å²) in [5.74, 6) is 0.974. The molecule has 0 aromatic heterocycles. The number of rotatable bonds is 5. The molecule has 26 heavy (non-hydrogen) atoms. The molecule has 0 bridgehead atoms. The molecule has 1 N–H and O–H groups in total. The van der Waals surface area contributed by atoms with Gasteiger partial charge in [-0.15, -0.1) is 0 Å². The van der Waals surface area contributed by atoms with E-state index in [2.05, 4.69) is 36.9 Å². The van der Waals surface area contributed by atoms with Gasteiger partial charge in [0, 0.05) is 37.8 Å². The van der Waals surface area contributed by atoms with Crippen molar-refractivity contribution in [1.82, 2.24) is 9.80 Å². The first kappa shape index (κ1) is 18.3. The molecule has 1 aliphatic heterocycles. The molecule has 5 nitrogen and oxygen atoms in total. The Labute approximate surface area is 154 Å². The lowest BCUT2D eigenvalue weighted by atomic mass is 10.1. The number of hydrogen-bond acceptors (Lipinski definition) is 4. The fraction of sp³-hybridized carbons (Fsp3) is 0.381. The van der Waals surface area contributed by atoms with E-state index in [0.29, 0.717) is 31.9 Å². The highest BCUT2D eigenvalue weighted by Gasteiger charge is 2.24. The van der Waals surface area contributed by atoms with Gasteiger partial charge < -0.3 is 14.7 Å². The lowest BCUT2D eigenvalue weighted by Crippen LogP contribution is -2.49. The molecule has 1 fully saturated rings. The average molecular weight is 354 g/mol. The first-order valence-electron chi connectivity index (χ1n) is 8.88. The number of piperazine rings is 1. The van der Waals surface area contributed by atoms with Gasteiger partial charge in [0.1, 0.15) is 11.5 Å². The van der Waals surface area contributed by atoms with E-state index in [1.807, 2.05) is 11.0 Å². The molecule has 0 radical (unpaired) electrons.